The molecule has 0 saturated heterocycles. The summed E-state index contributed by atoms with van der Waals surface area (Å²) >= 11 is 4.31. The Balaban J connectivity index is 2.56. The average molecular weight is 238 g/mol. The molecule has 16 heavy (non-hydrogen) atoms. The molecule has 0 saturated carbocycles. The molecule has 1 rings (SSSR count). The van der Waals surface area contributed by atoms with Gasteiger partial charge in [-0.2, -0.15) is 12.6 Å². The Labute approximate surface area is 105 Å². The molecule has 0 bridgehead atoms. The van der Waals surface area contributed by atoms with Crippen LogP contribution in [-0.4, -0.2) is 12.4 Å². The van der Waals surface area contributed by atoms with Crippen LogP contribution in [0.1, 0.15) is 39.2 Å². The average Bonchev–Trinajstić information content (AvgIpc) is 2.27. The van der Waals surface area contributed by atoms with Crippen LogP contribution in [0.2, 0.25) is 0 Å². The van der Waals surface area contributed by atoms with E-state index in [1.165, 1.54) is 5.56 Å². The van der Waals surface area contributed by atoms with Gasteiger partial charge in [0.05, 0.1) is 6.61 Å². The standard InChI is InChI=1S/C14H22OS/c1-11(2)12-5-7-13(8-6-12)15-9-14(3,4)10-16/h5-8,11,16H,9-10H2,1-4H3. The van der Waals surface area contributed by atoms with Gasteiger partial charge in [0, 0.05) is 5.41 Å². The Morgan fingerprint density at radius 1 is 1.19 bits per heavy atom. The van der Waals surface area contributed by atoms with Crippen molar-refractivity contribution < 1.29 is 4.74 Å². The topological polar surface area (TPSA) is 9.23 Å². The molecule has 0 aliphatic heterocycles. The molecule has 0 unspecified atom stereocenters. The SMILES string of the molecule is CC(C)c1ccc(OCC(C)(C)CS)cc1. The van der Waals surface area contributed by atoms with Crippen molar-refractivity contribution in [2.75, 3.05) is 12.4 Å². The van der Waals surface area contributed by atoms with E-state index in [-0.39, 0.29) is 5.41 Å². The quantitative estimate of drug-likeness (QED) is 0.758. The first-order valence-electron chi connectivity index (χ1n) is 5.78. The Bertz CT molecular complexity index is 314. The molecular formula is C14H22OS. The molecule has 0 fully saturated rings. The van der Waals surface area contributed by atoms with E-state index < -0.39 is 0 Å². The van der Waals surface area contributed by atoms with Crippen molar-refractivity contribution in [3.8, 4) is 5.75 Å². The lowest BCUT2D eigenvalue weighted by Crippen LogP contribution is -2.23. The van der Waals surface area contributed by atoms with Gasteiger partial charge in [-0.25, -0.2) is 0 Å². The number of hydrogen-bond acceptors (Lipinski definition) is 2. The zero-order chi connectivity index (χ0) is 12.2. The molecular weight excluding hydrogens is 216 g/mol. The van der Waals surface area contributed by atoms with Crippen molar-refractivity contribution in [2.45, 2.75) is 33.6 Å². The summed E-state index contributed by atoms with van der Waals surface area (Å²) in [5, 5.41) is 0. The molecule has 0 N–H and O–H groups in total. The van der Waals surface area contributed by atoms with Gasteiger partial charge in [-0.1, -0.05) is 39.8 Å². The summed E-state index contributed by atoms with van der Waals surface area (Å²) in [7, 11) is 0. The third-order valence-electron chi connectivity index (χ3n) is 2.60. The van der Waals surface area contributed by atoms with Crippen LogP contribution < -0.4 is 4.74 Å². The van der Waals surface area contributed by atoms with Gasteiger partial charge >= 0.3 is 0 Å². The number of rotatable bonds is 5. The van der Waals surface area contributed by atoms with Crippen molar-refractivity contribution >= 4 is 12.6 Å². The third kappa shape index (κ3) is 4.09. The fourth-order valence-electron chi connectivity index (χ4n) is 1.27. The van der Waals surface area contributed by atoms with Gasteiger partial charge < -0.3 is 4.74 Å². The highest BCUT2D eigenvalue weighted by Crippen LogP contribution is 2.22. The van der Waals surface area contributed by atoms with E-state index in [0.717, 1.165) is 11.5 Å². The lowest BCUT2D eigenvalue weighted by atomic mass is 9.98. The highest BCUT2D eigenvalue weighted by atomic mass is 32.1. The molecule has 0 heterocycles. The van der Waals surface area contributed by atoms with E-state index >= 15 is 0 Å². The van der Waals surface area contributed by atoms with E-state index in [1.54, 1.807) is 0 Å². The summed E-state index contributed by atoms with van der Waals surface area (Å²) in [6, 6.07) is 8.36. The number of hydrogen-bond donors (Lipinski definition) is 1. The van der Waals surface area contributed by atoms with Gasteiger partial charge in [-0.05, 0) is 29.4 Å². The molecule has 1 nitrogen and oxygen atoms in total. The second-order valence-corrected chi connectivity index (χ2v) is 5.65. The van der Waals surface area contributed by atoms with Gasteiger partial charge in [0.25, 0.3) is 0 Å². The van der Waals surface area contributed by atoms with Crippen molar-refractivity contribution in [3.63, 3.8) is 0 Å². The fraction of sp³-hybridized carbons (Fsp3) is 0.571. The second kappa shape index (κ2) is 5.62. The van der Waals surface area contributed by atoms with Crippen molar-refractivity contribution in [2.24, 2.45) is 5.41 Å². The van der Waals surface area contributed by atoms with Crippen LogP contribution in [0.3, 0.4) is 0 Å². The first-order valence-corrected chi connectivity index (χ1v) is 6.41. The Morgan fingerprint density at radius 3 is 2.19 bits per heavy atom. The summed E-state index contributed by atoms with van der Waals surface area (Å²) in [5.74, 6) is 2.35. The third-order valence-corrected chi connectivity index (χ3v) is 3.46. The predicted octanol–water partition coefficient (Wildman–Crippen LogP) is 4.14. The molecule has 0 atom stereocenters. The van der Waals surface area contributed by atoms with Gasteiger partial charge in [0.15, 0.2) is 0 Å². The monoisotopic (exact) mass is 238 g/mol. The van der Waals surface area contributed by atoms with Crippen LogP contribution in [0.25, 0.3) is 0 Å². The van der Waals surface area contributed by atoms with E-state index in [0.29, 0.717) is 12.5 Å². The first-order chi connectivity index (χ1) is 7.44. The summed E-state index contributed by atoms with van der Waals surface area (Å²) < 4.78 is 5.75. The minimum atomic E-state index is 0.125. The molecule has 90 valence electrons. The Hall–Kier alpha value is -0.630. The smallest absolute Gasteiger partial charge is 0.119 e. The summed E-state index contributed by atoms with van der Waals surface area (Å²) in [6.07, 6.45) is 0. The zero-order valence-electron chi connectivity index (χ0n) is 10.7. The normalized spacial score (nSPS) is 11.9. The maximum atomic E-state index is 5.75. The van der Waals surface area contributed by atoms with Gasteiger partial charge in [-0.15, -0.1) is 0 Å². The molecule has 0 spiro atoms. The van der Waals surface area contributed by atoms with Crippen LogP contribution in [0, 0.1) is 5.41 Å². The molecule has 1 aromatic rings. The van der Waals surface area contributed by atoms with E-state index in [1.807, 2.05) is 12.1 Å². The zero-order valence-corrected chi connectivity index (χ0v) is 11.6. The maximum Gasteiger partial charge on any atom is 0.119 e. The van der Waals surface area contributed by atoms with Crippen molar-refractivity contribution in [1.82, 2.24) is 0 Å². The fourth-order valence-corrected chi connectivity index (χ4v) is 1.36. The first kappa shape index (κ1) is 13.4. The molecule has 0 amide bonds. The highest BCUT2D eigenvalue weighted by molar-refractivity contribution is 7.80. The number of ether oxygens (including phenoxy) is 1. The Morgan fingerprint density at radius 2 is 1.75 bits per heavy atom. The largest absolute Gasteiger partial charge is 0.493 e. The van der Waals surface area contributed by atoms with Crippen LogP contribution in [0.4, 0.5) is 0 Å². The summed E-state index contributed by atoms with van der Waals surface area (Å²) in [4.78, 5) is 0. The van der Waals surface area contributed by atoms with Crippen LogP contribution in [-0.2, 0) is 0 Å². The number of benzene rings is 1. The van der Waals surface area contributed by atoms with Crippen molar-refractivity contribution in [1.29, 1.82) is 0 Å². The minimum absolute atomic E-state index is 0.125. The summed E-state index contributed by atoms with van der Waals surface area (Å²) in [6.45, 7) is 9.41. The van der Waals surface area contributed by atoms with Gasteiger partial charge in [0.1, 0.15) is 5.75 Å². The van der Waals surface area contributed by atoms with Crippen LogP contribution in [0.15, 0.2) is 24.3 Å². The highest BCUT2D eigenvalue weighted by Gasteiger charge is 2.16. The van der Waals surface area contributed by atoms with Crippen molar-refractivity contribution in [3.05, 3.63) is 29.8 Å². The molecule has 0 aliphatic carbocycles. The maximum absolute atomic E-state index is 5.75. The number of thiol groups is 1. The van der Waals surface area contributed by atoms with E-state index in [4.69, 9.17) is 4.74 Å². The Kier molecular flexibility index (Phi) is 4.72. The molecule has 1 aromatic carbocycles. The molecule has 0 aromatic heterocycles. The van der Waals surface area contributed by atoms with E-state index in [9.17, 15) is 0 Å². The predicted molar refractivity (Wildman–Crippen MR) is 73.7 cm³/mol. The molecule has 0 aliphatic rings. The lowest BCUT2D eigenvalue weighted by molar-refractivity contribution is 0.202. The van der Waals surface area contributed by atoms with Crippen LogP contribution in [0.5, 0.6) is 5.75 Å². The minimum Gasteiger partial charge on any atom is -0.493 e. The lowest BCUT2D eigenvalue weighted by Gasteiger charge is -2.22. The van der Waals surface area contributed by atoms with E-state index in [2.05, 4.69) is 52.5 Å². The van der Waals surface area contributed by atoms with Crippen LogP contribution >= 0.6 is 12.6 Å². The second-order valence-electron chi connectivity index (χ2n) is 5.33. The molecule has 2 heteroatoms. The van der Waals surface area contributed by atoms with Gasteiger partial charge in [-0.3, -0.25) is 0 Å². The summed E-state index contributed by atoms with van der Waals surface area (Å²) in [5.41, 5.74) is 1.47. The van der Waals surface area contributed by atoms with Gasteiger partial charge in [0.2, 0.25) is 0 Å². The molecule has 0 radical (unpaired) electrons.